The van der Waals surface area contributed by atoms with E-state index in [1.54, 1.807) is 49.6 Å². The summed E-state index contributed by atoms with van der Waals surface area (Å²) >= 11 is 19.4. The van der Waals surface area contributed by atoms with E-state index in [-0.39, 0.29) is 41.4 Å². The van der Waals surface area contributed by atoms with Crippen molar-refractivity contribution in [1.82, 2.24) is 0 Å². The van der Waals surface area contributed by atoms with Gasteiger partial charge in [0.05, 0.1) is 34.0 Å². The Bertz CT molecular complexity index is 1490. The molecule has 2 fully saturated rings. The fourth-order valence-electron chi connectivity index (χ4n) is 5.16. The molecular formula is C31H28Cl3NO5. The van der Waals surface area contributed by atoms with Crippen molar-refractivity contribution in [3.8, 4) is 11.5 Å². The number of ether oxygens (including phenoxy) is 2. The minimum Gasteiger partial charge on any atom is -0.512 e. The summed E-state index contributed by atoms with van der Waals surface area (Å²) in [6.07, 6.45) is 3.34. The highest BCUT2D eigenvalue weighted by molar-refractivity contribution is 6.41. The molecular weight excluding hydrogens is 573 g/mol. The van der Waals surface area contributed by atoms with Crippen LogP contribution in [0.1, 0.15) is 64.6 Å². The van der Waals surface area contributed by atoms with Gasteiger partial charge in [-0.25, -0.2) is 4.79 Å². The van der Waals surface area contributed by atoms with Gasteiger partial charge in [0.25, 0.3) is 0 Å². The number of benzene rings is 3. The molecule has 6 nitrogen and oxygen atoms in total. The predicted octanol–water partition coefficient (Wildman–Crippen LogP) is 8.68. The summed E-state index contributed by atoms with van der Waals surface area (Å²) < 4.78 is 11.5. The summed E-state index contributed by atoms with van der Waals surface area (Å²) in [6, 6.07) is 15.5. The number of hydrogen-bond donors (Lipinski definition) is 3. The maximum atomic E-state index is 11.4. The van der Waals surface area contributed by atoms with E-state index < -0.39 is 5.97 Å². The largest absolute Gasteiger partial charge is 0.512 e. The van der Waals surface area contributed by atoms with Gasteiger partial charge in [0.2, 0.25) is 0 Å². The Balaban J connectivity index is 1.29. The van der Waals surface area contributed by atoms with Crippen LogP contribution in [0, 0.1) is 11.3 Å². The molecule has 0 radical (unpaired) electrons. The fraction of sp³-hybridized carbons (Fsp3) is 0.290. The van der Waals surface area contributed by atoms with Gasteiger partial charge in [0.15, 0.2) is 0 Å². The molecule has 208 valence electrons. The van der Waals surface area contributed by atoms with Crippen LogP contribution in [0.25, 0.3) is 0 Å². The first-order chi connectivity index (χ1) is 19.2. The van der Waals surface area contributed by atoms with Gasteiger partial charge < -0.3 is 19.7 Å². The van der Waals surface area contributed by atoms with Crippen molar-refractivity contribution in [3.05, 3.63) is 103 Å². The average molecular weight is 601 g/mol. The van der Waals surface area contributed by atoms with Crippen molar-refractivity contribution < 1.29 is 24.5 Å². The zero-order chi connectivity index (χ0) is 28.6. The van der Waals surface area contributed by atoms with Crippen LogP contribution in [0.15, 0.2) is 65.9 Å². The Labute approximate surface area is 247 Å². The van der Waals surface area contributed by atoms with E-state index in [9.17, 15) is 15.0 Å². The topological polar surface area (TPSA) is 99.8 Å². The third-order valence-corrected chi connectivity index (χ3v) is 8.59. The van der Waals surface area contributed by atoms with E-state index in [1.165, 1.54) is 0 Å². The number of carboxylic acid groups (broad SMARTS) is 1. The lowest BCUT2D eigenvalue weighted by molar-refractivity contribution is 0.0696. The first kappa shape index (κ1) is 28.3. The van der Waals surface area contributed by atoms with Gasteiger partial charge in [-0.3, -0.25) is 5.41 Å². The van der Waals surface area contributed by atoms with E-state index in [0.29, 0.717) is 37.7 Å². The molecule has 0 aliphatic heterocycles. The Morgan fingerprint density at radius 1 is 0.925 bits per heavy atom. The molecule has 0 bridgehead atoms. The minimum atomic E-state index is -0.966. The van der Waals surface area contributed by atoms with Gasteiger partial charge in [0.1, 0.15) is 23.9 Å². The first-order valence-electron chi connectivity index (χ1n) is 13.0. The van der Waals surface area contributed by atoms with E-state index in [4.69, 9.17) is 49.7 Å². The number of aliphatic hydroxyl groups excluding tert-OH is 1. The number of aliphatic hydroxyl groups is 1. The number of rotatable bonds is 10. The maximum absolute atomic E-state index is 11.4. The molecule has 40 heavy (non-hydrogen) atoms. The highest BCUT2D eigenvalue weighted by Gasteiger charge is 2.35. The van der Waals surface area contributed by atoms with Crippen LogP contribution < -0.4 is 9.47 Å². The van der Waals surface area contributed by atoms with Crippen LogP contribution in [-0.4, -0.2) is 35.6 Å². The van der Waals surface area contributed by atoms with Gasteiger partial charge in [-0.05, 0) is 91.1 Å². The molecule has 2 saturated carbocycles. The predicted molar refractivity (Wildman–Crippen MR) is 157 cm³/mol. The molecule has 3 aromatic rings. The number of allylic oxidation sites excluding steroid dienone is 1. The summed E-state index contributed by atoms with van der Waals surface area (Å²) in [5.74, 6) is 0.762. The normalized spacial score (nSPS) is 18.9. The van der Waals surface area contributed by atoms with Gasteiger partial charge in [-0.2, -0.15) is 0 Å². The first-order valence-corrected chi connectivity index (χ1v) is 14.1. The molecule has 9 heteroatoms. The number of methoxy groups -OCH3 is 1. The second-order valence-corrected chi connectivity index (χ2v) is 11.4. The molecule has 2 aliphatic rings. The zero-order valence-corrected chi connectivity index (χ0v) is 24.0. The quantitative estimate of drug-likeness (QED) is 0.160. The number of halogens is 3. The number of hydrogen-bond acceptors (Lipinski definition) is 5. The summed E-state index contributed by atoms with van der Waals surface area (Å²) in [7, 11) is 1.58. The lowest BCUT2D eigenvalue weighted by Crippen LogP contribution is -2.21. The average Bonchev–Trinajstić information content (AvgIpc) is 3.74. The Morgan fingerprint density at radius 3 is 2.20 bits per heavy atom. The highest BCUT2D eigenvalue weighted by atomic mass is 35.5. The van der Waals surface area contributed by atoms with Crippen molar-refractivity contribution >= 4 is 46.5 Å². The van der Waals surface area contributed by atoms with Crippen molar-refractivity contribution in [3.63, 3.8) is 0 Å². The SMILES string of the molecule is COc1ccc(C(=O)O)cc1C1CC(c2ccc(OC/C(C(=N)c3c(Cl)cccc3Cl)=C(/O)C3CC3)cc2Cl)C1. The molecule has 3 aromatic carbocycles. The molecule has 0 spiro atoms. The Kier molecular flexibility index (Phi) is 8.31. The van der Waals surface area contributed by atoms with E-state index >= 15 is 0 Å². The summed E-state index contributed by atoms with van der Waals surface area (Å²) in [5.41, 5.74) is 2.86. The van der Waals surface area contributed by atoms with E-state index in [1.807, 2.05) is 12.1 Å². The number of carbonyl (C=O) groups is 1. The van der Waals surface area contributed by atoms with Crippen LogP contribution >= 0.6 is 34.8 Å². The van der Waals surface area contributed by atoms with Gasteiger partial charge >= 0.3 is 5.97 Å². The van der Waals surface area contributed by atoms with E-state index in [2.05, 4.69) is 0 Å². The Hall–Kier alpha value is -3.19. The van der Waals surface area contributed by atoms with Gasteiger partial charge in [0, 0.05) is 16.5 Å². The van der Waals surface area contributed by atoms with Crippen molar-refractivity contribution in [2.75, 3.05) is 13.7 Å². The van der Waals surface area contributed by atoms with Gasteiger partial charge in [-0.15, -0.1) is 0 Å². The molecule has 0 atom stereocenters. The molecule has 2 aliphatic carbocycles. The smallest absolute Gasteiger partial charge is 0.335 e. The van der Waals surface area contributed by atoms with Crippen LogP contribution in [0.4, 0.5) is 0 Å². The summed E-state index contributed by atoms with van der Waals surface area (Å²) in [5, 5.41) is 30.2. The molecule has 0 unspecified atom stereocenters. The van der Waals surface area contributed by atoms with Crippen LogP contribution in [0.2, 0.25) is 15.1 Å². The third-order valence-electron chi connectivity index (χ3n) is 7.64. The molecule has 3 N–H and O–H groups in total. The molecule has 0 aromatic heterocycles. The van der Waals surface area contributed by atoms with Crippen LogP contribution in [0.3, 0.4) is 0 Å². The Morgan fingerprint density at radius 2 is 1.60 bits per heavy atom. The molecule has 0 saturated heterocycles. The standard InChI is InChI=1S/C31H28Cl3NO5/c1-39-27-10-7-17(31(37)38)13-22(27)19-11-18(12-19)21-9-8-20(14-26(21)34)40-15-23(30(36)16-5-6-16)29(35)28-24(32)3-2-4-25(28)33/h2-4,7-10,13-14,16,18-19,35-36H,5-6,11-12,15H2,1H3,(H,37,38)/b30-23-,35-29?. The van der Waals surface area contributed by atoms with Crippen LogP contribution in [0.5, 0.6) is 11.5 Å². The van der Waals surface area contributed by atoms with Crippen molar-refractivity contribution in [2.24, 2.45) is 5.92 Å². The van der Waals surface area contributed by atoms with Gasteiger partial charge in [-0.1, -0.05) is 46.9 Å². The third kappa shape index (κ3) is 5.80. The molecule has 0 heterocycles. The fourth-order valence-corrected chi connectivity index (χ4v) is 6.07. The minimum absolute atomic E-state index is 0.00700. The second kappa shape index (κ2) is 11.7. The van der Waals surface area contributed by atoms with E-state index in [0.717, 1.165) is 36.8 Å². The number of carboxylic acids is 1. The van der Waals surface area contributed by atoms with Crippen LogP contribution in [-0.2, 0) is 0 Å². The number of aromatic carboxylic acids is 1. The second-order valence-electron chi connectivity index (χ2n) is 10.2. The lowest BCUT2D eigenvalue weighted by Gasteiger charge is -2.37. The monoisotopic (exact) mass is 599 g/mol. The zero-order valence-electron chi connectivity index (χ0n) is 21.7. The molecule has 0 amide bonds. The summed E-state index contributed by atoms with van der Waals surface area (Å²) in [4.78, 5) is 11.4. The van der Waals surface area contributed by atoms with Crippen molar-refractivity contribution in [1.29, 1.82) is 5.41 Å². The molecule has 5 rings (SSSR count). The lowest BCUT2D eigenvalue weighted by atomic mass is 9.68. The maximum Gasteiger partial charge on any atom is 0.335 e. The number of nitrogens with one attached hydrogen (secondary N) is 1. The summed E-state index contributed by atoms with van der Waals surface area (Å²) in [6.45, 7) is -0.0381. The highest BCUT2D eigenvalue weighted by Crippen LogP contribution is 2.51. The van der Waals surface area contributed by atoms with Crippen molar-refractivity contribution in [2.45, 2.75) is 37.5 Å².